The standard InChI is InChI=1S/C19H36N2/c1-16(2)11-14(12-17(3,4)21-16)20-15-10-13-8-9-19(15,7)18(13,5)6/h13-15,20-21H,8-12H2,1-7H3. The van der Waals surface area contributed by atoms with Crippen LogP contribution in [0.15, 0.2) is 0 Å². The zero-order valence-electron chi connectivity index (χ0n) is 15.3. The molecule has 0 aromatic carbocycles. The summed E-state index contributed by atoms with van der Waals surface area (Å²) in [6, 6.07) is 1.38. The van der Waals surface area contributed by atoms with Crippen LogP contribution in [0.5, 0.6) is 0 Å². The average Bonchev–Trinajstić information content (AvgIpc) is 2.57. The van der Waals surface area contributed by atoms with Crippen molar-refractivity contribution in [2.75, 3.05) is 0 Å². The van der Waals surface area contributed by atoms with E-state index >= 15 is 0 Å². The Hall–Kier alpha value is -0.0800. The SMILES string of the molecule is CC1(C)CC(NC2CC3CCC2(C)C3(C)C)CC(C)(C)N1. The number of fused-ring (bicyclic) bond motifs is 2. The monoisotopic (exact) mass is 292 g/mol. The van der Waals surface area contributed by atoms with Crippen molar-refractivity contribution in [1.82, 2.24) is 10.6 Å². The molecule has 2 nitrogen and oxygen atoms in total. The molecule has 2 saturated carbocycles. The highest BCUT2D eigenvalue weighted by Crippen LogP contribution is 2.65. The van der Waals surface area contributed by atoms with Crippen LogP contribution >= 0.6 is 0 Å². The second-order valence-corrected chi connectivity index (χ2v) is 10.3. The van der Waals surface area contributed by atoms with E-state index in [0.29, 0.717) is 16.9 Å². The van der Waals surface area contributed by atoms with Crippen molar-refractivity contribution in [3.63, 3.8) is 0 Å². The Bertz CT molecular complexity index is 407. The van der Waals surface area contributed by atoms with E-state index in [0.717, 1.165) is 12.0 Å². The Morgan fingerprint density at radius 3 is 1.90 bits per heavy atom. The van der Waals surface area contributed by atoms with Crippen molar-refractivity contribution in [2.24, 2.45) is 16.7 Å². The molecule has 0 amide bonds. The molecule has 21 heavy (non-hydrogen) atoms. The van der Waals surface area contributed by atoms with Gasteiger partial charge < -0.3 is 10.6 Å². The lowest BCUT2D eigenvalue weighted by atomic mass is 9.68. The van der Waals surface area contributed by atoms with Crippen LogP contribution in [0, 0.1) is 16.7 Å². The van der Waals surface area contributed by atoms with E-state index in [2.05, 4.69) is 59.1 Å². The first kappa shape index (κ1) is 15.8. The largest absolute Gasteiger partial charge is 0.311 e. The van der Waals surface area contributed by atoms with Crippen molar-refractivity contribution >= 4 is 0 Å². The van der Waals surface area contributed by atoms with Crippen LogP contribution in [0.4, 0.5) is 0 Å². The molecule has 0 aromatic heterocycles. The fraction of sp³-hybridized carbons (Fsp3) is 1.00. The minimum Gasteiger partial charge on any atom is -0.311 e. The molecular formula is C19H36N2. The molecule has 2 N–H and O–H groups in total. The van der Waals surface area contributed by atoms with Gasteiger partial charge in [-0.15, -0.1) is 0 Å². The second-order valence-electron chi connectivity index (χ2n) is 10.3. The van der Waals surface area contributed by atoms with Crippen molar-refractivity contribution in [2.45, 2.75) is 104 Å². The molecule has 3 aliphatic rings. The molecule has 122 valence electrons. The molecule has 2 heteroatoms. The summed E-state index contributed by atoms with van der Waals surface area (Å²) in [7, 11) is 0. The molecule has 1 heterocycles. The van der Waals surface area contributed by atoms with Crippen molar-refractivity contribution in [3.8, 4) is 0 Å². The van der Waals surface area contributed by atoms with Gasteiger partial charge in [0, 0.05) is 23.2 Å². The average molecular weight is 293 g/mol. The van der Waals surface area contributed by atoms with Gasteiger partial charge in [0.05, 0.1) is 0 Å². The topological polar surface area (TPSA) is 24.1 Å². The number of hydrogen-bond donors (Lipinski definition) is 2. The molecule has 2 aliphatic carbocycles. The third-order valence-electron chi connectivity index (χ3n) is 7.42. The Labute approximate surface area is 131 Å². The number of rotatable bonds is 2. The summed E-state index contributed by atoms with van der Waals surface area (Å²) in [5.41, 5.74) is 1.50. The third-order valence-corrected chi connectivity index (χ3v) is 7.42. The molecule has 0 radical (unpaired) electrons. The van der Waals surface area contributed by atoms with Crippen LogP contribution in [0.1, 0.15) is 80.6 Å². The van der Waals surface area contributed by atoms with Gasteiger partial charge in [0.1, 0.15) is 0 Å². The molecular weight excluding hydrogens is 256 g/mol. The summed E-state index contributed by atoms with van der Waals surface area (Å²) in [4.78, 5) is 0. The summed E-state index contributed by atoms with van der Waals surface area (Å²) in [6.45, 7) is 17.0. The maximum Gasteiger partial charge on any atom is 0.0144 e. The predicted molar refractivity (Wildman–Crippen MR) is 90.5 cm³/mol. The summed E-state index contributed by atoms with van der Waals surface area (Å²) in [5.74, 6) is 0.933. The van der Waals surface area contributed by atoms with Gasteiger partial charge in [-0.3, -0.25) is 0 Å². The van der Waals surface area contributed by atoms with Crippen molar-refractivity contribution < 1.29 is 0 Å². The zero-order valence-corrected chi connectivity index (χ0v) is 15.3. The first-order chi connectivity index (χ1) is 9.45. The maximum absolute atomic E-state index is 4.12. The van der Waals surface area contributed by atoms with Crippen LogP contribution in [0.2, 0.25) is 0 Å². The number of piperidine rings is 1. The molecule has 3 fully saturated rings. The van der Waals surface area contributed by atoms with Gasteiger partial charge in [-0.25, -0.2) is 0 Å². The lowest BCUT2D eigenvalue weighted by Crippen LogP contribution is -2.63. The van der Waals surface area contributed by atoms with Gasteiger partial charge in [-0.1, -0.05) is 20.8 Å². The normalized spacial score (nSPS) is 44.1. The van der Waals surface area contributed by atoms with Crippen LogP contribution in [0.3, 0.4) is 0 Å². The summed E-state index contributed by atoms with van der Waals surface area (Å²) in [6.07, 6.45) is 6.75. The number of hydrogen-bond acceptors (Lipinski definition) is 2. The summed E-state index contributed by atoms with van der Waals surface area (Å²) in [5, 5.41) is 7.92. The Morgan fingerprint density at radius 2 is 1.48 bits per heavy atom. The summed E-state index contributed by atoms with van der Waals surface area (Å²) >= 11 is 0. The zero-order chi connectivity index (χ0) is 15.7. The van der Waals surface area contributed by atoms with E-state index in [4.69, 9.17) is 0 Å². The van der Waals surface area contributed by atoms with Gasteiger partial charge in [0.25, 0.3) is 0 Å². The van der Waals surface area contributed by atoms with Crippen LogP contribution in [-0.2, 0) is 0 Å². The Balaban J connectivity index is 1.73. The van der Waals surface area contributed by atoms with Crippen LogP contribution in [-0.4, -0.2) is 23.2 Å². The molecule has 1 aliphatic heterocycles. The summed E-state index contributed by atoms with van der Waals surface area (Å²) < 4.78 is 0. The van der Waals surface area contributed by atoms with Crippen LogP contribution in [0.25, 0.3) is 0 Å². The minimum absolute atomic E-state index is 0.244. The fourth-order valence-electron chi connectivity index (χ4n) is 6.18. The molecule has 3 atom stereocenters. The lowest BCUT2D eigenvalue weighted by Gasteiger charge is -2.49. The van der Waals surface area contributed by atoms with Gasteiger partial charge in [-0.05, 0) is 76.5 Å². The van der Waals surface area contributed by atoms with Gasteiger partial charge in [0.15, 0.2) is 0 Å². The van der Waals surface area contributed by atoms with E-state index in [1.165, 1.54) is 32.1 Å². The number of nitrogens with one attached hydrogen (secondary N) is 2. The molecule has 0 aromatic rings. The fourth-order valence-corrected chi connectivity index (χ4v) is 6.18. The molecule has 0 spiro atoms. The third kappa shape index (κ3) is 2.47. The van der Waals surface area contributed by atoms with Gasteiger partial charge >= 0.3 is 0 Å². The predicted octanol–water partition coefficient (Wildman–Crippen LogP) is 4.10. The van der Waals surface area contributed by atoms with E-state index in [1.54, 1.807) is 0 Å². The molecule has 1 saturated heterocycles. The maximum atomic E-state index is 4.12. The molecule has 2 bridgehead atoms. The highest BCUT2D eigenvalue weighted by Gasteiger charge is 2.61. The van der Waals surface area contributed by atoms with E-state index < -0.39 is 0 Å². The van der Waals surface area contributed by atoms with Gasteiger partial charge in [0.2, 0.25) is 0 Å². The highest BCUT2D eigenvalue weighted by molar-refractivity contribution is 5.14. The smallest absolute Gasteiger partial charge is 0.0144 e. The first-order valence-corrected chi connectivity index (χ1v) is 9.01. The van der Waals surface area contributed by atoms with E-state index in [1.807, 2.05) is 0 Å². The highest BCUT2D eigenvalue weighted by atomic mass is 15.1. The van der Waals surface area contributed by atoms with E-state index in [-0.39, 0.29) is 11.1 Å². The minimum atomic E-state index is 0.244. The van der Waals surface area contributed by atoms with Crippen LogP contribution < -0.4 is 10.6 Å². The first-order valence-electron chi connectivity index (χ1n) is 9.01. The molecule has 3 rings (SSSR count). The van der Waals surface area contributed by atoms with Crippen molar-refractivity contribution in [3.05, 3.63) is 0 Å². The Kier molecular flexibility index (Phi) is 3.37. The lowest BCUT2D eigenvalue weighted by molar-refractivity contribution is 0.0882. The van der Waals surface area contributed by atoms with E-state index in [9.17, 15) is 0 Å². The van der Waals surface area contributed by atoms with Crippen molar-refractivity contribution in [1.29, 1.82) is 0 Å². The molecule has 3 unspecified atom stereocenters. The second kappa shape index (κ2) is 4.47. The Morgan fingerprint density at radius 1 is 0.905 bits per heavy atom. The van der Waals surface area contributed by atoms with Gasteiger partial charge in [-0.2, -0.15) is 0 Å². The quantitative estimate of drug-likeness (QED) is 0.800.